The summed E-state index contributed by atoms with van der Waals surface area (Å²) < 4.78 is 16.9. The van der Waals surface area contributed by atoms with E-state index in [0.717, 1.165) is 96.3 Å². The van der Waals surface area contributed by atoms with Crippen molar-refractivity contribution in [2.45, 2.75) is 374 Å². The van der Waals surface area contributed by atoms with Gasteiger partial charge in [-0.25, -0.2) is 0 Å². The van der Waals surface area contributed by atoms with Crippen molar-refractivity contribution in [3.8, 4) is 0 Å². The first-order chi connectivity index (χ1) is 39.0. The number of allylic oxidation sites excluding steroid dienone is 10. The summed E-state index contributed by atoms with van der Waals surface area (Å²) in [5.74, 6) is -0.874. The Labute approximate surface area is 491 Å². The number of ether oxygens (including phenoxy) is 3. The molecule has 0 aromatic heterocycles. The van der Waals surface area contributed by atoms with E-state index >= 15 is 0 Å². The molecule has 0 aliphatic rings. The van der Waals surface area contributed by atoms with E-state index in [1.165, 1.54) is 231 Å². The highest BCUT2D eigenvalue weighted by Gasteiger charge is 2.19. The Morgan fingerprint density at radius 3 is 0.785 bits per heavy atom. The van der Waals surface area contributed by atoms with E-state index in [1.54, 1.807) is 0 Å². The van der Waals surface area contributed by atoms with E-state index in [4.69, 9.17) is 14.2 Å². The van der Waals surface area contributed by atoms with Gasteiger partial charge in [0.1, 0.15) is 13.2 Å². The lowest BCUT2D eigenvalue weighted by Gasteiger charge is -2.18. The Morgan fingerprint density at radius 1 is 0.266 bits per heavy atom. The van der Waals surface area contributed by atoms with Gasteiger partial charge in [0.05, 0.1) is 0 Å². The number of esters is 3. The third-order valence-electron chi connectivity index (χ3n) is 15.5. The van der Waals surface area contributed by atoms with Crippen molar-refractivity contribution in [1.82, 2.24) is 0 Å². The fourth-order valence-electron chi connectivity index (χ4n) is 10.3. The van der Waals surface area contributed by atoms with Crippen molar-refractivity contribution in [3.63, 3.8) is 0 Å². The molecule has 0 rings (SSSR count). The molecule has 0 fully saturated rings. The molecule has 79 heavy (non-hydrogen) atoms. The number of unbranched alkanes of at least 4 members (excludes halogenated alkanes) is 43. The lowest BCUT2D eigenvalue weighted by Crippen LogP contribution is -2.30. The highest BCUT2D eigenvalue weighted by atomic mass is 16.6. The van der Waals surface area contributed by atoms with Gasteiger partial charge in [-0.15, -0.1) is 0 Å². The largest absolute Gasteiger partial charge is 0.462 e. The van der Waals surface area contributed by atoms with Gasteiger partial charge < -0.3 is 14.2 Å². The summed E-state index contributed by atoms with van der Waals surface area (Å²) in [5, 5.41) is 0. The van der Waals surface area contributed by atoms with Crippen LogP contribution in [0, 0.1) is 0 Å². The SMILES string of the molecule is CC/C=C\C/C=C\C/C=C\C/C=C\CCCCCCCCC(=O)OC(COC(=O)CCCCCCCCCCC)COC(=O)CCCCCCCCCCCCCCCCCCCCCCC/C=C\CCCCCCCCCC. The van der Waals surface area contributed by atoms with E-state index < -0.39 is 6.10 Å². The molecule has 0 N–H and O–H groups in total. The molecule has 0 aromatic rings. The molecule has 6 heteroatoms. The van der Waals surface area contributed by atoms with E-state index in [9.17, 15) is 14.4 Å². The summed E-state index contributed by atoms with van der Waals surface area (Å²) in [7, 11) is 0. The average molecular weight is 1110 g/mol. The number of hydrogen-bond donors (Lipinski definition) is 0. The van der Waals surface area contributed by atoms with Gasteiger partial charge in [-0.3, -0.25) is 14.4 Å². The second-order valence-electron chi connectivity index (χ2n) is 23.4. The van der Waals surface area contributed by atoms with Gasteiger partial charge in [-0.2, -0.15) is 0 Å². The van der Waals surface area contributed by atoms with Crippen molar-refractivity contribution < 1.29 is 28.6 Å². The van der Waals surface area contributed by atoms with Crippen LogP contribution in [0.15, 0.2) is 60.8 Å². The summed E-state index contributed by atoms with van der Waals surface area (Å²) in [6.45, 7) is 6.54. The summed E-state index contributed by atoms with van der Waals surface area (Å²) in [6, 6.07) is 0. The topological polar surface area (TPSA) is 78.9 Å². The summed E-state index contributed by atoms with van der Waals surface area (Å²) in [4.78, 5) is 38.2. The second kappa shape index (κ2) is 67.6. The first-order valence-electron chi connectivity index (χ1n) is 34.8. The van der Waals surface area contributed by atoms with Gasteiger partial charge in [0.2, 0.25) is 0 Å². The molecule has 0 radical (unpaired) electrons. The summed E-state index contributed by atoms with van der Waals surface area (Å²) in [6.07, 6.45) is 87.0. The molecule has 0 aromatic carbocycles. The molecule has 0 aliphatic heterocycles. The molecule has 0 aliphatic carbocycles. The van der Waals surface area contributed by atoms with Gasteiger partial charge in [-0.05, 0) is 83.5 Å². The predicted octanol–water partition coefficient (Wildman–Crippen LogP) is 23.9. The zero-order valence-electron chi connectivity index (χ0n) is 52.9. The quantitative estimate of drug-likeness (QED) is 0.0261. The van der Waals surface area contributed by atoms with Gasteiger partial charge in [-0.1, -0.05) is 326 Å². The van der Waals surface area contributed by atoms with Crippen LogP contribution in [0.25, 0.3) is 0 Å². The molecule has 0 saturated carbocycles. The van der Waals surface area contributed by atoms with Crippen molar-refractivity contribution >= 4 is 17.9 Å². The minimum Gasteiger partial charge on any atom is -0.462 e. The zero-order valence-corrected chi connectivity index (χ0v) is 52.9. The third kappa shape index (κ3) is 65.8. The summed E-state index contributed by atoms with van der Waals surface area (Å²) >= 11 is 0. The van der Waals surface area contributed by atoms with E-state index in [1.807, 2.05) is 0 Å². The number of hydrogen-bond acceptors (Lipinski definition) is 6. The molecule has 1 atom stereocenters. The average Bonchev–Trinajstić information content (AvgIpc) is 3.45. The Hall–Kier alpha value is -2.89. The van der Waals surface area contributed by atoms with E-state index in [0.29, 0.717) is 19.3 Å². The van der Waals surface area contributed by atoms with Crippen molar-refractivity contribution in [2.24, 2.45) is 0 Å². The van der Waals surface area contributed by atoms with Crippen LogP contribution in [0.1, 0.15) is 367 Å². The van der Waals surface area contributed by atoms with Gasteiger partial charge in [0.25, 0.3) is 0 Å². The van der Waals surface area contributed by atoms with Crippen molar-refractivity contribution in [3.05, 3.63) is 60.8 Å². The van der Waals surface area contributed by atoms with Crippen LogP contribution < -0.4 is 0 Å². The van der Waals surface area contributed by atoms with Gasteiger partial charge >= 0.3 is 17.9 Å². The smallest absolute Gasteiger partial charge is 0.306 e. The molecular weight excluding hydrogens is 973 g/mol. The third-order valence-corrected chi connectivity index (χ3v) is 15.5. The van der Waals surface area contributed by atoms with Gasteiger partial charge in [0, 0.05) is 19.3 Å². The van der Waals surface area contributed by atoms with E-state index in [-0.39, 0.29) is 31.1 Å². The molecule has 0 amide bonds. The maximum atomic E-state index is 12.9. The normalized spacial score (nSPS) is 12.4. The highest BCUT2D eigenvalue weighted by Crippen LogP contribution is 2.18. The van der Waals surface area contributed by atoms with Gasteiger partial charge in [0.15, 0.2) is 6.10 Å². The first-order valence-corrected chi connectivity index (χ1v) is 34.8. The fourth-order valence-corrected chi connectivity index (χ4v) is 10.3. The number of carbonyl (C=O) groups is 3. The Balaban J connectivity index is 4.06. The summed E-state index contributed by atoms with van der Waals surface area (Å²) in [5.41, 5.74) is 0. The molecule has 0 heterocycles. The minimum absolute atomic E-state index is 0.0759. The molecule has 0 saturated heterocycles. The first kappa shape index (κ1) is 76.1. The lowest BCUT2D eigenvalue weighted by molar-refractivity contribution is -0.167. The maximum Gasteiger partial charge on any atom is 0.306 e. The van der Waals surface area contributed by atoms with Crippen molar-refractivity contribution in [2.75, 3.05) is 13.2 Å². The second-order valence-corrected chi connectivity index (χ2v) is 23.4. The Morgan fingerprint density at radius 2 is 0.494 bits per heavy atom. The van der Waals surface area contributed by atoms with Crippen LogP contribution in [0.5, 0.6) is 0 Å². The van der Waals surface area contributed by atoms with Crippen LogP contribution >= 0.6 is 0 Å². The standard InChI is InChI=1S/C73H132O6/c1-4-7-10-13-16-19-21-23-25-27-29-30-31-32-33-34-35-36-37-38-39-40-41-42-44-45-47-49-51-54-57-60-63-66-72(75)78-69-70(68-77-71(74)65-62-59-56-53-18-15-12-9-6-3)79-73(76)67-64-61-58-55-52-50-48-46-43-28-26-24-22-20-17-14-11-8-5-2/h8,11,17,20,24,26-27,29,43,46,70H,4-7,9-10,12-16,18-19,21-23,25,28,30-42,44-45,47-69H2,1-3H3/b11-8-,20-17-,26-24-,29-27-,46-43-. The molecular formula is C73H132O6. The lowest BCUT2D eigenvalue weighted by atomic mass is 10.0. The minimum atomic E-state index is -0.779. The van der Waals surface area contributed by atoms with Crippen LogP contribution in [0.2, 0.25) is 0 Å². The monoisotopic (exact) mass is 1110 g/mol. The van der Waals surface area contributed by atoms with E-state index in [2.05, 4.69) is 81.5 Å². The Kier molecular flexibility index (Phi) is 65.1. The highest BCUT2D eigenvalue weighted by molar-refractivity contribution is 5.71. The predicted molar refractivity (Wildman–Crippen MR) is 344 cm³/mol. The van der Waals surface area contributed by atoms with Crippen molar-refractivity contribution in [1.29, 1.82) is 0 Å². The Bertz CT molecular complexity index is 1410. The molecule has 6 nitrogen and oxygen atoms in total. The number of carbonyl (C=O) groups excluding carboxylic acids is 3. The molecule has 1 unspecified atom stereocenters. The molecule has 0 bridgehead atoms. The fraction of sp³-hybridized carbons (Fsp3) is 0.822. The molecule has 460 valence electrons. The maximum absolute atomic E-state index is 12.9. The zero-order chi connectivity index (χ0) is 57.1. The van der Waals surface area contributed by atoms with Crippen LogP contribution in [0.3, 0.4) is 0 Å². The number of rotatable bonds is 64. The van der Waals surface area contributed by atoms with Crippen LogP contribution in [-0.2, 0) is 28.6 Å². The van der Waals surface area contributed by atoms with Crippen LogP contribution in [-0.4, -0.2) is 37.2 Å². The molecule has 0 spiro atoms. The van der Waals surface area contributed by atoms with Crippen LogP contribution in [0.4, 0.5) is 0 Å².